The third kappa shape index (κ3) is 4.16. The lowest BCUT2D eigenvalue weighted by Crippen LogP contribution is -2.35. The number of hydrogen-bond acceptors (Lipinski definition) is 1. The third-order valence-corrected chi connectivity index (χ3v) is 5.81. The van der Waals surface area contributed by atoms with Crippen molar-refractivity contribution in [2.75, 3.05) is 6.61 Å². The first-order valence-electron chi connectivity index (χ1n) is 10.2. The minimum Gasteiger partial charge on any atom is -0.491 e. The molecule has 3 rings (SSSR count). The van der Waals surface area contributed by atoms with Crippen molar-refractivity contribution in [2.24, 2.45) is 5.92 Å². The van der Waals surface area contributed by atoms with Crippen LogP contribution >= 0.6 is 0 Å². The number of ether oxygens (including phenoxy) is 1. The van der Waals surface area contributed by atoms with Crippen LogP contribution in [0.3, 0.4) is 0 Å². The van der Waals surface area contributed by atoms with Crippen molar-refractivity contribution in [3.05, 3.63) is 53.1 Å². The zero-order valence-electron chi connectivity index (χ0n) is 16.9. The quantitative estimate of drug-likeness (QED) is 0.428. The summed E-state index contributed by atoms with van der Waals surface area (Å²) in [7, 11) is 0. The van der Waals surface area contributed by atoms with Crippen molar-refractivity contribution in [1.82, 2.24) is 0 Å². The van der Waals surface area contributed by atoms with Gasteiger partial charge in [-0.2, -0.15) is 4.39 Å². The molecule has 0 radical (unpaired) electrons. The lowest BCUT2D eigenvalue weighted by atomic mass is 9.74. The molecule has 30 heavy (non-hydrogen) atoms. The summed E-state index contributed by atoms with van der Waals surface area (Å²) in [6, 6.07) is 4.55. The van der Waals surface area contributed by atoms with E-state index in [0.29, 0.717) is 19.3 Å². The number of benzene rings is 2. The van der Waals surface area contributed by atoms with Gasteiger partial charge in [-0.1, -0.05) is 25.5 Å². The van der Waals surface area contributed by atoms with E-state index in [4.69, 9.17) is 4.74 Å². The summed E-state index contributed by atoms with van der Waals surface area (Å²) >= 11 is 0. The minimum absolute atomic E-state index is 0.110. The van der Waals surface area contributed by atoms with Crippen LogP contribution in [0, 0.1) is 29.2 Å². The Balaban J connectivity index is 1.93. The van der Waals surface area contributed by atoms with Crippen LogP contribution in [0.4, 0.5) is 26.3 Å². The number of alkyl halides is 2. The normalized spacial score (nSPS) is 20.9. The topological polar surface area (TPSA) is 9.23 Å². The third-order valence-electron chi connectivity index (χ3n) is 5.81. The molecule has 164 valence electrons. The highest BCUT2D eigenvalue weighted by Gasteiger charge is 2.45. The second kappa shape index (κ2) is 8.90. The molecule has 0 heterocycles. The largest absolute Gasteiger partial charge is 0.491 e. The summed E-state index contributed by atoms with van der Waals surface area (Å²) in [5, 5.41) is 0. The molecule has 0 spiro atoms. The second-order valence-electron chi connectivity index (χ2n) is 7.73. The molecule has 0 bridgehead atoms. The van der Waals surface area contributed by atoms with Gasteiger partial charge >= 0.3 is 0 Å². The van der Waals surface area contributed by atoms with Crippen molar-refractivity contribution in [3.8, 4) is 16.9 Å². The molecule has 0 saturated heterocycles. The SMILES string of the molecule is CCCC1CCC(c2ccc(-c3ccc(OCC)c(F)c3F)c(F)c2F)CC1(F)F. The average molecular weight is 430 g/mol. The maximum atomic E-state index is 14.8. The van der Waals surface area contributed by atoms with Crippen LogP contribution in [0.2, 0.25) is 0 Å². The fourth-order valence-electron chi connectivity index (χ4n) is 4.27. The van der Waals surface area contributed by atoms with Gasteiger partial charge in [0.05, 0.1) is 6.61 Å². The van der Waals surface area contributed by atoms with E-state index in [2.05, 4.69) is 0 Å². The van der Waals surface area contributed by atoms with Gasteiger partial charge in [0.25, 0.3) is 5.92 Å². The highest BCUT2D eigenvalue weighted by Crippen LogP contribution is 2.48. The highest BCUT2D eigenvalue weighted by molar-refractivity contribution is 5.66. The van der Waals surface area contributed by atoms with Crippen molar-refractivity contribution in [3.63, 3.8) is 0 Å². The molecule has 0 amide bonds. The summed E-state index contributed by atoms with van der Waals surface area (Å²) in [6.07, 6.45) is 1.01. The molecule has 1 aliphatic carbocycles. The van der Waals surface area contributed by atoms with Gasteiger partial charge in [0.1, 0.15) is 0 Å². The molecule has 2 atom stereocenters. The molecule has 1 nitrogen and oxygen atoms in total. The molecule has 1 saturated carbocycles. The monoisotopic (exact) mass is 430 g/mol. The molecule has 7 heteroatoms. The predicted octanol–water partition coefficient (Wildman–Crippen LogP) is 7.63. The lowest BCUT2D eigenvalue weighted by Gasteiger charge is -2.36. The lowest BCUT2D eigenvalue weighted by molar-refractivity contribution is -0.0947. The van der Waals surface area contributed by atoms with E-state index in [-0.39, 0.29) is 24.3 Å². The standard InChI is InChI=1S/C23H24F6O/c1-3-5-14-7-6-13(12-23(14,28)29)15-8-9-16(20(25)19(15)24)17-10-11-18(30-4-2)22(27)21(17)26/h8-11,13-14H,3-7,12H2,1-2H3. The molecular formula is C23H24F6O. The maximum Gasteiger partial charge on any atom is 0.251 e. The van der Waals surface area contributed by atoms with Crippen LogP contribution in [0.1, 0.15) is 57.4 Å². The number of halogens is 6. The second-order valence-corrected chi connectivity index (χ2v) is 7.73. The Morgan fingerprint density at radius 2 is 1.50 bits per heavy atom. The summed E-state index contributed by atoms with van der Waals surface area (Å²) in [6.45, 7) is 3.54. The van der Waals surface area contributed by atoms with Crippen molar-refractivity contribution < 1.29 is 31.1 Å². The predicted molar refractivity (Wildman–Crippen MR) is 103 cm³/mol. The van der Waals surface area contributed by atoms with Gasteiger partial charge in [0, 0.05) is 23.5 Å². The summed E-state index contributed by atoms with van der Waals surface area (Å²) in [4.78, 5) is 0. The Labute approximate surface area is 172 Å². The van der Waals surface area contributed by atoms with E-state index in [1.807, 2.05) is 6.92 Å². The Morgan fingerprint density at radius 3 is 2.10 bits per heavy atom. The van der Waals surface area contributed by atoms with Gasteiger partial charge in [-0.3, -0.25) is 0 Å². The van der Waals surface area contributed by atoms with Crippen molar-refractivity contribution >= 4 is 0 Å². The van der Waals surface area contributed by atoms with Gasteiger partial charge in [0.2, 0.25) is 5.82 Å². The Kier molecular flexibility index (Phi) is 6.68. The van der Waals surface area contributed by atoms with Gasteiger partial charge in [-0.05, 0) is 49.8 Å². The fourth-order valence-corrected chi connectivity index (χ4v) is 4.27. The Hall–Kier alpha value is -2.18. The van der Waals surface area contributed by atoms with Crippen LogP contribution in [-0.4, -0.2) is 12.5 Å². The number of rotatable bonds is 6. The van der Waals surface area contributed by atoms with E-state index in [1.54, 1.807) is 6.92 Å². The van der Waals surface area contributed by atoms with Gasteiger partial charge in [-0.15, -0.1) is 0 Å². The molecule has 0 aliphatic heterocycles. The van der Waals surface area contributed by atoms with Crippen molar-refractivity contribution in [2.45, 2.75) is 57.8 Å². The number of hydrogen-bond donors (Lipinski definition) is 0. The summed E-state index contributed by atoms with van der Waals surface area (Å²) < 4.78 is 92.0. The Bertz CT molecular complexity index is 911. The molecule has 2 unspecified atom stereocenters. The van der Waals surface area contributed by atoms with Crippen LogP contribution in [-0.2, 0) is 0 Å². The van der Waals surface area contributed by atoms with Crippen LogP contribution < -0.4 is 4.74 Å². The van der Waals surface area contributed by atoms with Crippen LogP contribution in [0.5, 0.6) is 5.75 Å². The molecule has 1 aliphatic rings. The Morgan fingerprint density at radius 1 is 0.867 bits per heavy atom. The van der Waals surface area contributed by atoms with E-state index in [9.17, 15) is 26.3 Å². The van der Waals surface area contributed by atoms with Crippen LogP contribution in [0.15, 0.2) is 24.3 Å². The van der Waals surface area contributed by atoms with Crippen LogP contribution in [0.25, 0.3) is 11.1 Å². The molecular weight excluding hydrogens is 406 g/mol. The first-order valence-corrected chi connectivity index (χ1v) is 10.2. The average Bonchev–Trinajstić information content (AvgIpc) is 2.70. The molecule has 2 aromatic carbocycles. The summed E-state index contributed by atoms with van der Waals surface area (Å²) in [5.41, 5.74) is -1.09. The van der Waals surface area contributed by atoms with Crippen molar-refractivity contribution in [1.29, 1.82) is 0 Å². The minimum atomic E-state index is -2.95. The smallest absolute Gasteiger partial charge is 0.251 e. The van der Waals surface area contributed by atoms with Gasteiger partial charge in [0.15, 0.2) is 23.2 Å². The van der Waals surface area contributed by atoms with E-state index in [0.717, 1.165) is 18.2 Å². The van der Waals surface area contributed by atoms with Gasteiger partial charge < -0.3 is 4.74 Å². The summed E-state index contributed by atoms with van der Waals surface area (Å²) in [5.74, 6) is -10.2. The van der Waals surface area contributed by atoms with E-state index in [1.165, 1.54) is 6.07 Å². The van der Waals surface area contributed by atoms with E-state index < -0.39 is 58.6 Å². The molecule has 0 aromatic heterocycles. The fraction of sp³-hybridized carbons (Fsp3) is 0.478. The van der Waals surface area contributed by atoms with Gasteiger partial charge in [-0.25, -0.2) is 22.0 Å². The molecule has 0 N–H and O–H groups in total. The highest BCUT2D eigenvalue weighted by atomic mass is 19.3. The zero-order chi connectivity index (χ0) is 22.1. The zero-order valence-corrected chi connectivity index (χ0v) is 16.9. The maximum absolute atomic E-state index is 14.8. The molecule has 1 fully saturated rings. The van der Waals surface area contributed by atoms with E-state index >= 15 is 0 Å². The first kappa shape index (κ1) is 22.5. The first-order chi connectivity index (χ1) is 14.2. The molecule has 2 aromatic rings.